The molecule has 0 aliphatic rings. The van der Waals surface area contributed by atoms with Gasteiger partial charge in [0.2, 0.25) is 5.56 Å². The third-order valence-electron chi connectivity index (χ3n) is 4.17. The summed E-state index contributed by atoms with van der Waals surface area (Å²) in [7, 11) is 0. The van der Waals surface area contributed by atoms with Gasteiger partial charge in [0.15, 0.2) is 0 Å². The van der Waals surface area contributed by atoms with Crippen molar-refractivity contribution in [3.8, 4) is 11.1 Å². The number of fused-ring (bicyclic) bond motifs is 1. The van der Waals surface area contributed by atoms with Crippen molar-refractivity contribution in [1.29, 1.82) is 0 Å². The average Bonchev–Trinajstić information content (AvgIpc) is 2.68. The molecule has 5 nitrogen and oxygen atoms in total. The Balaban J connectivity index is 1.77. The Bertz CT molecular complexity index is 1200. The minimum Gasteiger partial charge on any atom is -0.322 e. The van der Waals surface area contributed by atoms with Crippen LogP contribution in [0.3, 0.4) is 0 Å². The molecule has 0 radical (unpaired) electrons. The molecule has 6 heteroatoms. The van der Waals surface area contributed by atoms with Crippen molar-refractivity contribution in [3.63, 3.8) is 0 Å². The minimum atomic E-state index is -0.494. The van der Waals surface area contributed by atoms with E-state index in [1.54, 1.807) is 12.3 Å². The van der Waals surface area contributed by atoms with Crippen LogP contribution in [0.15, 0.2) is 77.7 Å². The van der Waals surface area contributed by atoms with Crippen molar-refractivity contribution in [2.45, 2.75) is 0 Å². The molecule has 132 valence electrons. The number of aromatic nitrogens is 2. The van der Waals surface area contributed by atoms with Gasteiger partial charge in [-0.1, -0.05) is 30.3 Å². The minimum absolute atomic E-state index is 0.151. The van der Waals surface area contributed by atoms with Crippen molar-refractivity contribution in [3.05, 3.63) is 94.7 Å². The summed E-state index contributed by atoms with van der Waals surface area (Å²) < 4.78 is 13.5. The number of aromatic amines is 1. The summed E-state index contributed by atoms with van der Waals surface area (Å²) >= 11 is 0. The lowest BCUT2D eigenvalue weighted by Crippen LogP contribution is -2.18. The van der Waals surface area contributed by atoms with Gasteiger partial charge < -0.3 is 10.3 Å². The van der Waals surface area contributed by atoms with Crippen LogP contribution >= 0.6 is 0 Å². The predicted octanol–water partition coefficient (Wildman–Crippen LogP) is 3.98. The lowest BCUT2D eigenvalue weighted by molar-refractivity contribution is 0.102. The number of amides is 1. The predicted molar refractivity (Wildman–Crippen MR) is 102 cm³/mol. The number of halogens is 1. The molecule has 0 bridgehead atoms. The van der Waals surface area contributed by atoms with Gasteiger partial charge in [0, 0.05) is 23.2 Å². The first-order valence-electron chi connectivity index (χ1n) is 8.26. The van der Waals surface area contributed by atoms with E-state index in [0.717, 1.165) is 11.1 Å². The van der Waals surface area contributed by atoms with Crippen LogP contribution in [-0.2, 0) is 0 Å². The van der Waals surface area contributed by atoms with Crippen LogP contribution in [-0.4, -0.2) is 15.9 Å². The number of pyridine rings is 2. The van der Waals surface area contributed by atoms with Gasteiger partial charge in [-0.2, -0.15) is 0 Å². The van der Waals surface area contributed by atoms with Crippen molar-refractivity contribution < 1.29 is 9.18 Å². The second-order valence-corrected chi connectivity index (χ2v) is 5.96. The van der Waals surface area contributed by atoms with E-state index in [-0.39, 0.29) is 11.1 Å². The fourth-order valence-corrected chi connectivity index (χ4v) is 2.95. The molecule has 2 heterocycles. The standard InChI is InChI=1S/C21H14FN3O2/c22-14-8-9-16-17(12-19(26)24-18(16)11-14)21(27)25-20-15(7-4-10-23-20)13-5-2-1-3-6-13/h1-12H,(H,24,26)(H,23,25,27). The summed E-state index contributed by atoms with van der Waals surface area (Å²) in [5.74, 6) is -0.607. The highest BCUT2D eigenvalue weighted by molar-refractivity contribution is 6.12. The molecule has 2 aromatic heterocycles. The first-order chi connectivity index (χ1) is 13.1. The molecule has 4 rings (SSSR count). The van der Waals surface area contributed by atoms with Crippen molar-refractivity contribution in [2.24, 2.45) is 0 Å². The number of nitrogens with one attached hydrogen (secondary N) is 2. The topological polar surface area (TPSA) is 74.8 Å². The largest absolute Gasteiger partial charge is 0.322 e. The molecule has 2 aromatic carbocycles. The molecule has 0 saturated carbocycles. The third kappa shape index (κ3) is 3.32. The summed E-state index contributed by atoms with van der Waals surface area (Å²) in [5.41, 5.74) is 1.59. The highest BCUT2D eigenvalue weighted by atomic mass is 19.1. The highest BCUT2D eigenvalue weighted by Crippen LogP contribution is 2.26. The summed E-state index contributed by atoms with van der Waals surface area (Å²) in [6.45, 7) is 0. The van der Waals surface area contributed by atoms with E-state index >= 15 is 0 Å². The van der Waals surface area contributed by atoms with E-state index in [0.29, 0.717) is 11.2 Å². The van der Waals surface area contributed by atoms with Crippen LogP contribution in [0.5, 0.6) is 0 Å². The number of carbonyl (C=O) groups excluding carboxylic acids is 1. The maximum Gasteiger partial charge on any atom is 0.257 e. The van der Waals surface area contributed by atoms with Crippen LogP contribution in [0.1, 0.15) is 10.4 Å². The Kier molecular flexibility index (Phi) is 4.22. The van der Waals surface area contributed by atoms with Crippen LogP contribution in [0.2, 0.25) is 0 Å². The zero-order valence-corrected chi connectivity index (χ0v) is 14.1. The van der Waals surface area contributed by atoms with Crippen molar-refractivity contribution >= 4 is 22.6 Å². The average molecular weight is 359 g/mol. The number of H-pyrrole nitrogens is 1. The number of rotatable bonds is 3. The molecule has 0 fully saturated rings. The summed E-state index contributed by atoms with van der Waals surface area (Å²) in [6, 6.07) is 18.2. The molecule has 2 N–H and O–H groups in total. The fourth-order valence-electron chi connectivity index (χ4n) is 2.95. The molecule has 27 heavy (non-hydrogen) atoms. The van der Waals surface area contributed by atoms with Crippen LogP contribution in [0, 0.1) is 5.82 Å². The van der Waals surface area contributed by atoms with Crippen LogP contribution in [0.4, 0.5) is 10.2 Å². The first kappa shape index (κ1) is 16.7. The quantitative estimate of drug-likeness (QED) is 0.581. The Morgan fingerprint density at radius 2 is 1.81 bits per heavy atom. The Labute approximate surface area is 153 Å². The second kappa shape index (κ2) is 6.84. The van der Waals surface area contributed by atoms with Crippen molar-refractivity contribution in [1.82, 2.24) is 9.97 Å². The summed E-state index contributed by atoms with van der Waals surface area (Å²) in [4.78, 5) is 31.5. The van der Waals surface area contributed by atoms with Crippen LogP contribution in [0.25, 0.3) is 22.0 Å². The zero-order valence-electron chi connectivity index (χ0n) is 14.1. The molecule has 4 aromatic rings. The number of anilines is 1. The molecule has 1 amide bonds. The number of hydrogen-bond acceptors (Lipinski definition) is 3. The lowest BCUT2D eigenvalue weighted by Gasteiger charge is -2.11. The highest BCUT2D eigenvalue weighted by Gasteiger charge is 2.15. The first-order valence-corrected chi connectivity index (χ1v) is 8.26. The Morgan fingerprint density at radius 1 is 1.00 bits per heavy atom. The fraction of sp³-hybridized carbons (Fsp3) is 0. The molecular weight excluding hydrogens is 345 g/mol. The molecule has 0 unspecified atom stereocenters. The van der Waals surface area contributed by atoms with Gasteiger partial charge in [0.05, 0.1) is 11.1 Å². The van der Waals surface area contributed by atoms with Gasteiger partial charge in [0.1, 0.15) is 11.6 Å². The maximum absolute atomic E-state index is 13.5. The molecule has 0 spiro atoms. The third-order valence-corrected chi connectivity index (χ3v) is 4.17. The number of hydrogen-bond donors (Lipinski definition) is 2. The molecule has 0 aliphatic heterocycles. The van der Waals surface area contributed by atoms with Gasteiger partial charge in [-0.15, -0.1) is 0 Å². The smallest absolute Gasteiger partial charge is 0.257 e. The van der Waals surface area contributed by atoms with E-state index in [1.807, 2.05) is 36.4 Å². The Morgan fingerprint density at radius 3 is 2.63 bits per heavy atom. The molecular formula is C21H14FN3O2. The number of benzene rings is 2. The number of carbonyl (C=O) groups is 1. The summed E-state index contributed by atoms with van der Waals surface area (Å²) in [6.07, 6.45) is 1.58. The van der Waals surface area contributed by atoms with E-state index in [4.69, 9.17) is 0 Å². The summed E-state index contributed by atoms with van der Waals surface area (Å²) in [5, 5.41) is 3.21. The SMILES string of the molecule is O=C(Nc1ncccc1-c1ccccc1)c1cc(=O)[nH]c2cc(F)ccc12. The molecule has 0 aliphatic carbocycles. The van der Waals surface area contributed by atoms with Gasteiger partial charge in [0.25, 0.3) is 5.91 Å². The normalized spacial score (nSPS) is 10.7. The van der Waals surface area contributed by atoms with Gasteiger partial charge in [-0.25, -0.2) is 9.37 Å². The molecule has 0 saturated heterocycles. The van der Waals surface area contributed by atoms with E-state index in [2.05, 4.69) is 15.3 Å². The number of nitrogens with zero attached hydrogens (tertiary/aromatic N) is 1. The maximum atomic E-state index is 13.5. The monoisotopic (exact) mass is 359 g/mol. The van der Waals surface area contributed by atoms with Crippen molar-refractivity contribution in [2.75, 3.05) is 5.32 Å². The van der Waals surface area contributed by atoms with E-state index < -0.39 is 17.3 Å². The van der Waals surface area contributed by atoms with Crippen LogP contribution < -0.4 is 10.9 Å². The van der Waals surface area contributed by atoms with E-state index in [9.17, 15) is 14.0 Å². The van der Waals surface area contributed by atoms with Gasteiger partial charge >= 0.3 is 0 Å². The van der Waals surface area contributed by atoms with E-state index in [1.165, 1.54) is 24.3 Å². The van der Waals surface area contributed by atoms with Gasteiger partial charge in [-0.3, -0.25) is 9.59 Å². The zero-order chi connectivity index (χ0) is 18.8. The lowest BCUT2D eigenvalue weighted by atomic mass is 10.1. The van der Waals surface area contributed by atoms with Gasteiger partial charge in [-0.05, 0) is 35.9 Å². The Hall–Kier alpha value is -3.80. The molecule has 0 atom stereocenters. The second-order valence-electron chi connectivity index (χ2n) is 5.96.